The van der Waals surface area contributed by atoms with Crippen molar-refractivity contribution < 1.29 is 9.63 Å². The van der Waals surface area contributed by atoms with Gasteiger partial charge in [-0.15, -0.1) is 0 Å². The van der Waals surface area contributed by atoms with E-state index >= 15 is 0 Å². The maximum atomic E-state index is 12.4. The maximum absolute atomic E-state index is 12.4. The Bertz CT molecular complexity index is 679. The van der Waals surface area contributed by atoms with Gasteiger partial charge in [0.2, 0.25) is 0 Å². The number of benzene rings is 2. The van der Waals surface area contributed by atoms with Gasteiger partial charge in [0.05, 0.1) is 22.7 Å². The molecule has 1 atom stereocenters. The molecule has 2 aromatic rings. The summed E-state index contributed by atoms with van der Waals surface area (Å²) < 4.78 is 0. The standard InChI is InChI=1S/C16H14Cl2N2O2/c17-13-7-6-12(10-14(13)18)19-16(21)20-15(8-9-22-20)11-4-2-1-3-5-11/h1-7,10,15H,8-9H2,(H,19,21). The van der Waals surface area contributed by atoms with Gasteiger partial charge >= 0.3 is 6.03 Å². The van der Waals surface area contributed by atoms with Crippen LogP contribution in [0.15, 0.2) is 48.5 Å². The molecule has 22 heavy (non-hydrogen) atoms. The van der Waals surface area contributed by atoms with E-state index in [-0.39, 0.29) is 12.1 Å². The Kier molecular flexibility index (Phi) is 4.52. The second-order valence-corrected chi connectivity index (χ2v) is 5.75. The van der Waals surface area contributed by atoms with Gasteiger partial charge in [0.1, 0.15) is 0 Å². The molecule has 0 spiro atoms. The number of hydrogen-bond donors (Lipinski definition) is 1. The highest BCUT2D eigenvalue weighted by molar-refractivity contribution is 6.42. The van der Waals surface area contributed by atoms with E-state index in [4.69, 9.17) is 28.0 Å². The third-order valence-corrected chi connectivity index (χ3v) is 4.20. The Hall–Kier alpha value is -1.75. The number of anilines is 1. The van der Waals surface area contributed by atoms with E-state index < -0.39 is 0 Å². The van der Waals surface area contributed by atoms with Crippen LogP contribution in [0.5, 0.6) is 0 Å². The fraction of sp³-hybridized carbons (Fsp3) is 0.188. The summed E-state index contributed by atoms with van der Waals surface area (Å²) in [6, 6.07) is 14.3. The van der Waals surface area contributed by atoms with Crippen molar-refractivity contribution in [3.63, 3.8) is 0 Å². The first kappa shape index (κ1) is 15.2. The summed E-state index contributed by atoms with van der Waals surface area (Å²) in [6.07, 6.45) is 0.763. The minimum Gasteiger partial charge on any atom is -0.306 e. The lowest BCUT2D eigenvalue weighted by molar-refractivity contribution is -0.0829. The van der Waals surface area contributed by atoms with Gasteiger partial charge in [-0.2, -0.15) is 5.06 Å². The van der Waals surface area contributed by atoms with E-state index in [1.165, 1.54) is 5.06 Å². The van der Waals surface area contributed by atoms with Crippen LogP contribution in [0.1, 0.15) is 18.0 Å². The predicted molar refractivity (Wildman–Crippen MR) is 87.1 cm³/mol. The van der Waals surface area contributed by atoms with Gasteiger partial charge in [-0.1, -0.05) is 53.5 Å². The van der Waals surface area contributed by atoms with E-state index in [9.17, 15) is 4.79 Å². The summed E-state index contributed by atoms with van der Waals surface area (Å²) in [6.45, 7) is 0.508. The Balaban J connectivity index is 1.75. The zero-order valence-corrected chi connectivity index (χ0v) is 13.1. The van der Waals surface area contributed by atoms with E-state index in [1.807, 2.05) is 30.3 Å². The molecular weight excluding hydrogens is 323 g/mol. The lowest BCUT2D eigenvalue weighted by Crippen LogP contribution is -2.33. The van der Waals surface area contributed by atoms with Gasteiger partial charge in [-0.3, -0.25) is 4.84 Å². The highest BCUT2D eigenvalue weighted by Crippen LogP contribution is 2.31. The zero-order valence-electron chi connectivity index (χ0n) is 11.6. The van der Waals surface area contributed by atoms with Crippen LogP contribution >= 0.6 is 23.2 Å². The number of carbonyl (C=O) groups excluding carboxylic acids is 1. The first-order valence-corrected chi connectivity index (χ1v) is 7.64. The van der Waals surface area contributed by atoms with Gasteiger partial charge < -0.3 is 5.32 Å². The third kappa shape index (κ3) is 3.19. The molecule has 1 heterocycles. The minimum atomic E-state index is -0.329. The number of hydrogen-bond acceptors (Lipinski definition) is 2. The quantitative estimate of drug-likeness (QED) is 0.846. The van der Waals surface area contributed by atoms with Gasteiger partial charge in [-0.05, 0) is 23.8 Å². The highest BCUT2D eigenvalue weighted by atomic mass is 35.5. The summed E-state index contributed by atoms with van der Waals surface area (Å²) in [5, 5.41) is 4.98. The molecule has 1 saturated heterocycles. The van der Waals surface area contributed by atoms with Crippen LogP contribution in [-0.4, -0.2) is 17.7 Å². The summed E-state index contributed by atoms with van der Waals surface area (Å²) in [7, 11) is 0. The minimum absolute atomic E-state index is 0.0935. The van der Waals surface area contributed by atoms with Crippen molar-refractivity contribution in [2.24, 2.45) is 0 Å². The molecule has 0 saturated carbocycles. The number of urea groups is 1. The topological polar surface area (TPSA) is 41.6 Å². The molecular formula is C16H14Cl2N2O2. The van der Waals surface area contributed by atoms with Crippen molar-refractivity contribution in [3.05, 3.63) is 64.1 Å². The van der Waals surface area contributed by atoms with Crippen LogP contribution in [0, 0.1) is 0 Å². The molecule has 1 unspecified atom stereocenters. The molecule has 0 radical (unpaired) electrons. The Morgan fingerprint density at radius 2 is 1.91 bits per heavy atom. The van der Waals surface area contributed by atoms with Gasteiger partial charge in [0.15, 0.2) is 0 Å². The molecule has 0 aromatic heterocycles. The molecule has 0 bridgehead atoms. The molecule has 2 amide bonds. The molecule has 0 aliphatic carbocycles. The molecule has 3 rings (SSSR count). The molecule has 1 aliphatic heterocycles. The summed E-state index contributed by atoms with van der Waals surface area (Å²) in [5.74, 6) is 0. The Morgan fingerprint density at radius 1 is 1.14 bits per heavy atom. The lowest BCUT2D eigenvalue weighted by atomic mass is 10.1. The number of nitrogens with one attached hydrogen (secondary N) is 1. The summed E-state index contributed by atoms with van der Waals surface area (Å²) >= 11 is 11.8. The maximum Gasteiger partial charge on any atom is 0.346 e. The SMILES string of the molecule is O=C(Nc1ccc(Cl)c(Cl)c1)N1OCCC1c1ccccc1. The van der Waals surface area contributed by atoms with Crippen LogP contribution < -0.4 is 5.32 Å². The number of halogens is 2. The molecule has 1 N–H and O–H groups in total. The predicted octanol–water partition coefficient (Wildman–Crippen LogP) is 4.90. The second-order valence-electron chi connectivity index (χ2n) is 4.93. The second kappa shape index (κ2) is 6.57. The van der Waals surface area contributed by atoms with Gasteiger partial charge in [-0.25, -0.2) is 4.79 Å². The summed E-state index contributed by atoms with van der Waals surface area (Å²) in [4.78, 5) is 17.9. The fourth-order valence-electron chi connectivity index (χ4n) is 2.40. The molecule has 4 nitrogen and oxygen atoms in total. The van der Waals surface area contributed by atoms with Crippen molar-refractivity contribution >= 4 is 34.9 Å². The van der Waals surface area contributed by atoms with E-state index in [1.54, 1.807) is 18.2 Å². The van der Waals surface area contributed by atoms with E-state index in [2.05, 4.69) is 5.32 Å². The molecule has 114 valence electrons. The van der Waals surface area contributed by atoms with Crippen molar-refractivity contribution in [2.75, 3.05) is 11.9 Å². The number of amides is 2. The number of carbonyl (C=O) groups is 1. The van der Waals surface area contributed by atoms with Gasteiger partial charge in [0, 0.05) is 12.1 Å². The van der Waals surface area contributed by atoms with Crippen LogP contribution in [0.25, 0.3) is 0 Å². The number of rotatable bonds is 2. The van der Waals surface area contributed by atoms with Crippen LogP contribution in [0.4, 0.5) is 10.5 Å². The average Bonchev–Trinajstić information content (AvgIpc) is 3.01. The van der Waals surface area contributed by atoms with Crippen LogP contribution in [0.2, 0.25) is 10.0 Å². The largest absolute Gasteiger partial charge is 0.346 e. The smallest absolute Gasteiger partial charge is 0.306 e. The van der Waals surface area contributed by atoms with Crippen molar-refractivity contribution in [1.82, 2.24) is 5.06 Å². The molecule has 1 aliphatic rings. The Labute approximate surface area is 138 Å². The van der Waals surface area contributed by atoms with Gasteiger partial charge in [0.25, 0.3) is 0 Å². The molecule has 6 heteroatoms. The first-order valence-electron chi connectivity index (χ1n) is 6.88. The monoisotopic (exact) mass is 336 g/mol. The Morgan fingerprint density at radius 3 is 2.64 bits per heavy atom. The molecule has 2 aromatic carbocycles. The number of hydroxylamine groups is 2. The van der Waals surface area contributed by atoms with Crippen molar-refractivity contribution in [2.45, 2.75) is 12.5 Å². The molecule has 1 fully saturated rings. The van der Waals surface area contributed by atoms with Crippen LogP contribution in [0.3, 0.4) is 0 Å². The van der Waals surface area contributed by atoms with Crippen molar-refractivity contribution in [1.29, 1.82) is 0 Å². The average molecular weight is 337 g/mol. The normalized spacial score (nSPS) is 17.5. The fourth-order valence-corrected chi connectivity index (χ4v) is 2.70. The van der Waals surface area contributed by atoms with E-state index in [0.717, 1.165) is 12.0 Å². The summed E-state index contributed by atoms with van der Waals surface area (Å²) in [5.41, 5.74) is 1.62. The van der Waals surface area contributed by atoms with Crippen LogP contribution in [-0.2, 0) is 4.84 Å². The highest BCUT2D eigenvalue weighted by Gasteiger charge is 2.31. The lowest BCUT2D eigenvalue weighted by Gasteiger charge is -2.23. The third-order valence-electron chi connectivity index (χ3n) is 3.46. The van der Waals surface area contributed by atoms with Crippen molar-refractivity contribution in [3.8, 4) is 0 Å². The first-order chi connectivity index (χ1) is 10.6. The number of nitrogens with zero attached hydrogens (tertiary/aromatic N) is 1. The van der Waals surface area contributed by atoms with E-state index in [0.29, 0.717) is 22.3 Å². The zero-order chi connectivity index (χ0) is 15.5.